The second-order valence-electron chi connectivity index (χ2n) is 3.86. The average Bonchev–Trinajstić information content (AvgIpc) is 2.84. The standard InChI is InChI=1S/C11HF7/c12-3-1-2-6(11(2,17)18)5-4(3)7(13)9(15)10(16)8(5)14/h1H. The fourth-order valence-electron chi connectivity index (χ4n) is 2.00. The van der Waals surface area contributed by atoms with Gasteiger partial charge < -0.3 is 0 Å². The van der Waals surface area contributed by atoms with Gasteiger partial charge in [-0.2, -0.15) is 8.78 Å². The normalized spacial score (nSPS) is 15.9. The van der Waals surface area contributed by atoms with E-state index < -0.39 is 56.9 Å². The minimum atomic E-state index is -3.64. The maximum atomic E-state index is 13.4. The Morgan fingerprint density at radius 2 is 1.22 bits per heavy atom. The molecule has 0 N–H and O–H groups in total. The Hall–Kier alpha value is -1.79. The molecule has 0 saturated carbocycles. The molecule has 0 radical (unpaired) electrons. The van der Waals surface area contributed by atoms with Gasteiger partial charge in [0.1, 0.15) is 5.82 Å². The maximum absolute atomic E-state index is 13.4. The van der Waals surface area contributed by atoms with E-state index in [1.807, 2.05) is 0 Å². The maximum Gasteiger partial charge on any atom is 0.300 e. The van der Waals surface area contributed by atoms with Gasteiger partial charge >= 0.3 is 0 Å². The van der Waals surface area contributed by atoms with Crippen LogP contribution in [0.15, 0.2) is 6.07 Å². The molecule has 3 rings (SSSR count). The largest absolute Gasteiger partial charge is 0.300 e. The summed E-state index contributed by atoms with van der Waals surface area (Å²) < 4.78 is 92.1. The summed E-state index contributed by atoms with van der Waals surface area (Å²) in [6.45, 7) is 0. The summed E-state index contributed by atoms with van der Waals surface area (Å²) in [7, 11) is 0. The molecule has 0 atom stereocenters. The molecule has 0 saturated heterocycles. The predicted octanol–water partition coefficient (Wildman–Crippen LogP) is 3.99. The van der Waals surface area contributed by atoms with E-state index in [1.54, 1.807) is 0 Å². The van der Waals surface area contributed by atoms with Crippen LogP contribution in [0.5, 0.6) is 0 Å². The van der Waals surface area contributed by atoms with Crippen molar-refractivity contribution in [3.63, 3.8) is 0 Å². The highest BCUT2D eigenvalue weighted by Crippen LogP contribution is 2.57. The molecule has 2 aromatic rings. The summed E-state index contributed by atoms with van der Waals surface area (Å²) in [4.78, 5) is 0. The van der Waals surface area contributed by atoms with Gasteiger partial charge in [0, 0.05) is 16.5 Å². The first-order valence-corrected chi connectivity index (χ1v) is 4.65. The fourth-order valence-corrected chi connectivity index (χ4v) is 2.00. The number of benzene rings is 2. The molecule has 0 heterocycles. The second kappa shape index (κ2) is 2.96. The van der Waals surface area contributed by atoms with Crippen molar-refractivity contribution in [3.8, 4) is 0 Å². The zero-order valence-corrected chi connectivity index (χ0v) is 8.22. The van der Waals surface area contributed by atoms with Crippen molar-refractivity contribution in [3.05, 3.63) is 46.3 Å². The number of halogens is 7. The highest BCUT2D eigenvalue weighted by molar-refractivity contribution is 5.94. The van der Waals surface area contributed by atoms with Crippen molar-refractivity contribution < 1.29 is 30.7 Å². The van der Waals surface area contributed by atoms with Gasteiger partial charge in [-0.15, -0.1) is 0 Å². The van der Waals surface area contributed by atoms with Crippen LogP contribution in [0.25, 0.3) is 10.8 Å². The van der Waals surface area contributed by atoms with Crippen molar-refractivity contribution in [2.24, 2.45) is 0 Å². The van der Waals surface area contributed by atoms with Crippen LogP contribution in [0.2, 0.25) is 0 Å². The minimum absolute atomic E-state index is 0.289. The molecule has 0 nitrogen and oxygen atoms in total. The molecule has 0 aromatic heterocycles. The third kappa shape index (κ3) is 1.07. The summed E-state index contributed by atoms with van der Waals surface area (Å²) in [5.74, 6) is -13.7. The van der Waals surface area contributed by atoms with E-state index in [-0.39, 0.29) is 6.07 Å². The summed E-state index contributed by atoms with van der Waals surface area (Å²) in [6, 6.07) is 0.289. The van der Waals surface area contributed by atoms with E-state index >= 15 is 0 Å². The fraction of sp³-hybridized carbons (Fsp3) is 0.0909. The predicted molar refractivity (Wildman–Crippen MR) is 46.7 cm³/mol. The van der Waals surface area contributed by atoms with Gasteiger partial charge in [0.05, 0.1) is 5.39 Å². The lowest BCUT2D eigenvalue weighted by Crippen LogP contribution is -2.00. The van der Waals surface area contributed by atoms with Crippen LogP contribution in [0.4, 0.5) is 30.7 Å². The Morgan fingerprint density at radius 3 is 1.78 bits per heavy atom. The molecule has 2 aromatic carbocycles. The molecular weight excluding hydrogens is 265 g/mol. The lowest BCUT2D eigenvalue weighted by atomic mass is 10.1. The molecule has 0 bridgehead atoms. The van der Waals surface area contributed by atoms with Crippen LogP contribution in [0.3, 0.4) is 0 Å². The van der Waals surface area contributed by atoms with E-state index in [2.05, 4.69) is 0 Å². The van der Waals surface area contributed by atoms with Crippen molar-refractivity contribution in [2.45, 2.75) is 5.92 Å². The highest BCUT2D eigenvalue weighted by atomic mass is 19.3. The molecule has 94 valence electrons. The molecule has 1 aliphatic carbocycles. The van der Waals surface area contributed by atoms with E-state index in [1.165, 1.54) is 0 Å². The van der Waals surface area contributed by atoms with Crippen LogP contribution in [0, 0.1) is 29.1 Å². The first-order valence-electron chi connectivity index (χ1n) is 4.65. The Kier molecular flexibility index (Phi) is 1.86. The number of hydrogen-bond acceptors (Lipinski definition) is 0. The molecule has 0 unspecified atom stereocenters. The topological polar surface area (TPSA) is 0 Å². The van der Waals surface area contributed by atoms with Crippen molar-refractivity contribution in [1.82, 2.24) is 0 Å². The number of rotatable bonds is 0. The molecule has 18 heavy (non-hydrogen) atoms. The van der Waals surface area contributed by atoms with E-state index in [4.69, 9.17) is 0 Å². The third-order valence-corrected chi connectivity index (χ3v) is 2.89. The monoisotopic (exact) mass is 266 g/mol. The van der Waals surface area contributed by atoms with Crippen LogP contribution < -0.4 is 0 Å². The van der Waals surface area contributed by atoms with Crippen molar-refractivity contribution in [2.75, 3.05) is 0 Å². The molecule has 0 amide bonds. The van der Waals surface area contributed by atoms with Gasteiger partial charge in [0.15, 0.2) is 23.3 Å². The second-order valence-corrected chi connectivity index (χ2v) is 3.86. The summed E-state index contributed by atoms with van der Waals surface area (Å²) in [6.07, 6.45) is 0. The summed E-state index contributed by atoms with van der Waals surface area (Å²) in [5, 5.41) is -2.55. The first kappa shape index (κ1) is 11.3. The van der Waals surface area contributed by atoms with E-state index in [9.17, 15) is 30.7 Å². The van der Waals surface area contributed by atoms with Gasteiger partial charge in [-0.1, -0.05) is 0 Å². The van der Waals surface area contributed by atoms with Gasteiger partial charge in [-0.05, 0) is 6.07 Å². The van der Waals surface area contributed by atoms with E-state index in [0.29, 0.717) is 0 Å². The molecule has 0 spiro atoms. The Labute approximate surface area is 94.6 Å². The number of hydrogen-bond donors (Lipinski definition) is 0. The molecular formula is C11HF7. The highest BCUT2D eigenvalue weighted by Gasteiger charge is 2.56. The molecule has 0 aliphatic heterocycles. The van der Waals surface area contributed by atoms with E-state index in [0.717, 1.165) is 0 Å². The first-order chi connectivity index (χ1) is 8.28. The number of alkyl halides is 2. The Balaban J connectivity index is 2.60. The van der Waals surface area contributed by atoms with Crippen LogP contribution in [-0.2, 0) is 5.92 Å². The molecule has 7 heteroatoms. The van der Waals surface area contributed by atoms with Crippen LogP contribution >= 0.6 is 0 Å². The van der Waals surface area contributed by atoms with Crippen LogP contribution in [0.1, 0.15) is 11.1 Å². The quantitative estimate of drug-likeness (QED) is 0.384. The summed E-state index contributed by atoms with van der Waals surface area (Å²) >= 11 is 0. The third-order valence-electron chi connectivity index (χ3n) is 2.89. The van der Waals surface area contributed by atoms with Crippen LogP contribution in [-0.4, -0.2) is 0 Å². The Bertz CT molecular complexity index is 718. The molecule has 0 fully saturated rings. The minimum Gasteiger partial charge on any atom is -0.206 e. The van der Waals surface area contributed by atoms with Gasteiger partial charge in [0.2, 0.25) is 0 Å². The van der Waals surface area contributed by atoms with Gasteiger partial charge in [0.25, 0.3) is 5.92 Å². The smallest absolute Gasteiger partial charge is 0.206 e. The summed E-state index contributed by atoms with van der Waals surface area (Å²) in [5.41, 5.74) is -1.86. The van der Waals surface area contributed by atoms with Gasteiger partial charge in [-0.25, -0.2) is 22.0 Å². The van der Waals surface area contributed by atoms with Gasteiger partial charge in [-0.3, -0.25) is 0 Å². The SMILES string of the molecule is Fc1c(F)c(F)c2c3c(cc(F)c2c1F)C3(F)F. The zero-order chi connectivity index (χ0) is 13.4. The Morgan fingerprint density at radius 1 is 0.722 bits per heavy atom. The van der Waals surface area contributed by atoms with Crippen molar-refractivity contribution in [1.29, 1.82) is 0 Å². The average molecular weight is 266 g/mol. The zero-order valence-electron chi connectivity index (χ0n) is 8.22. The lowest BCUT2D eigenvalue weighted by molar-refractivity contribution is 0.0995. The van der Waals surface area contributed by atoms with Crippen molar-refractivity contribution >= 4 is 10.8 Å². The molecule has 1 aliphatic rings. The lowest BCUT2D eigenvalue weighted by Gasteiger charge is -2.04. The number of fused-ring (bicyclic) bond motifs is 3.